The monoisotopic (exact) mass is 436 g/mol. The second kappa shape index (κ2) is 10.2. The van der Waals surface area contributed by atoms with Crippen molar-refractivity contribution in [2.24, 2.45) is 0 Å². The molecule has 0 spiro atoms. The van der Waals surface area contributed by atoms with Crippen molar-refractivity contribution >= 4 is 13.9 Å². The Labute approximate surface area is 173 Å². The van der Waals surface area contributed by atoms with Crippen LogP contribution in [0.25, 0.3) is 11.1 Å². The fourth-order valence-corrected chi connectivity index (χ4v) is 3.97. The van der Waals surface area contributed by atoms with Crippen LogP contribution < -0.4 is 10.2 Å². The Bertz CT molecular complexity index is 876. The lowest BCUT2D eigenvalue weighted by atomic mass is 9.98. The molecule has 3 rings (SSSR count). The van der Waals surface area contributed by atoms with Gasteiger partial charge in [-0.05, 0) is 22.3 Å². The highest BCUT2D eigenvalue weighted by Gasteiger charge is 2.28. The normalized spacial score (nSPS) is 15.7. The Balaban J connectivity index is 1.44. The van der Waals surface area contributed by atoms with Crippen molar-refractivity contribution < 1.29 is 38.3 Å². The van der Waals surface area contributed by atoms with Gasteiger partial charge in [0.25, 0.3) is 7.82 Å². The minimum atomic E-state index is -4.64. The third-order valence-corrected chi connectivity index (χ3v) is 5.56. The summed E-state index contributed by atoms with van der Waals surface area (Å²) in [5.41, 5.74) is 4.41. The minimum absolute atomic E-state index is 0.0763. The Hall–Kier alpha value is -2.26. The topological polar surface area (TPSA) is 137 Å². The highest BCUT2D eigenvalue weighted by atomic mass is 31.2. The number of fused-ring (bicyclic) bond motifs is 3. The summed E-state index contributed by atoms with van der Waals surface area (Å²) in [6, 6.07) is 15.9. The van der Waals surface area contributed by atoms with E-state index in [2.05, 4.69) is 14.4 Å². The molecule has 1 aliphatic carbocycles. The second-order valence-corrected chi connectivity index (χ2v) is 8.08. The molecular weight excluding hydrogens is 413 g/mol. The third kappa shape index (κ3) is 5.66. The van der Waals surface area contributed by atoms with E-state index in [1.54, 1.807) is 0 Å². The molecule has 0 aromatic heterocycles. The van der Waals surface area contributed by atoms with E-state index in [1.165, 1.54) is 0 Å². The van der Waals surface area contributed by atoms with Crippen molar-refractivity contribution in [3.8, 4) is 11.1 Å². The van der Waals surface area contributed by atoms with Crippen molar-refractivity contribution in [2.45, 2.75) is 12.0 Å². The number of phosphoric acid groups is 1. The first-order valence-electron chi connectivity index (χ1n) is 9.39. The molecule has 2 aromatic carbocycles. The molecule has 0 aliphatic heterocycles. The standard InChI is InChI=1S/C20H24NO8P/c22-11-14(23)12-29-30(25,26)28-10-9-21-20(24)27-13-19-17-7-3-1-5-15(17)16-6-2-4-8-18(16)19/h1-8,14,19,22-23H,9-13H2,(H,21,24)(H,25,26)/p-1. The Kier molecular flexibility index (Phi) is 7.60. The molecule has 0 saturated carbocycles. The molecule has 30 heavy (non-hydrogen) atoms. The van der Waals surface area contributed by atoms with Crippen molar-refractivity contribution in [1.29, 1.82) is 0 Å². The van der Waals surface area contributed by atoms with E-state index in [-0.39, 0.29) is 25.7 Å². The molecule has 2 atom stereocenters. The first kappa shape index (κ1) is 22.4. The van der Waals surface area contributed by atoms with Crippen LogP contribution in [0, 0.1) is 0 Å². The van der Waals surface area contributed by atoms with Gasteiger partial charge < -0.3 is 34.2 Å². The number of amides is 1. The number of alkyl carbamates (subject to hydrolysis) is 1. The zero-order chi connectivity index (χ0) is 21.6. The number of hydrogen-bond donors (Lipinski definition) is 3. The van der Waals surface area contributed by atoms with Crippen LogP contribution in [-0.4, -0.2) is 55.4 Å². The molecule has 0 fully saturated rings. The van der Waals surface area contributed by atoms with Gasteiger partial charge in [-0.1, -0.05) is 48.5 Å². The molecule has 0 bridgehead atoms. The van der Waals surface area contributed by atoms with Gasteiger partial charge in [-0.25, -0.2) is 4.79 Å². The summed E-state index contributed by atoms with van der Waals surface area (Å²) in [5.74, 6) is -0.0763. The number of rotatable bonds is 10. The van der Waals surface area contributed by atoms with E-state index < -0.39 is 33.2 Å². The van der Waals surface area contributed by atoms with E-state index in [4.69, 9.17) is 14.9 Å². The average Bonchev–Trinajstić information content (AvgIpc) is 3.07. The molecule has 0 saturated heterocycles. The first-order chi connectivity index (χ1) is 14.4. The number of phosphoric ester groups is 1. The number of ether oxygens (including phenoxy) is 1. The lowest BCUT2D eigenvalue weighted by Crippen LogP contribution is -2.29. The van der Waals surface area contributed by atoms with Gasteiger partial charge in [0.05, 0.1) is 19.8 Å². The van der Waals surface area contributed by atoms with Crippen LogP contribution in [0.2, 0.25) is 0 Å². The summed E-state index contributed by atoms with van der Waals surface area (Å²) in [4.78, 5) is 23.4. The van der Waals surface area contributed by atoms with E-state index >= 15 is 0 Å². The van der Waals surface area contributed by atoms with E-state index in [0.717, 1.165) is 22.3 Å². The molecule has 2 unspecified atom stereocenters. The Morgan fingerprint density at radius 1 is 1.10 bits per heavy atom. The van der Waals surface area contributed by atoms with Crippen molar-refractivity contribution in [3.63, 3.8) is 0 Å². The van der Waals surface area contributed by atoms with Crippen LogP contribution in [0.3, 0.4) is 0 Å². The number of aliphatic hydroxyl groups is 2. The summed E-state index contributed by atoms with van der Waals surface area (Å²) in [7, 11) is -4.64. The van der Waals surface area contributed by atoms with Crippen molar-refractivity contribution in [1.82, 2.24) is 5.32 Å². The number of carbonyl (C=O) groups is 1. The maximum Gasteiger partial charge on any atom is 0.407 e. The number of carbonyl (C=O) groups excluding carboxylic acids is 1. The van der Waals surface area contributed by atoms with Gasteiger partial charge in [-0.2, -0.15) is 0 Å². The highest BCUT2D eigenvalue weighted by Crippen LogP contribution is 2.44. The number of aliphatic hydroxyl groups excluding tert-OH is 2. The number of benzene rings is 2. The summed E-state index contributed by atoms with van der Waals surface area (Å²) < 4.78 is 25.8. The lowest BCUT2D eigenvalue weighted by molar-refractivity contribution is -0.227. The number of nitrogens with one attached hydrogen (secondary N) is 1. The van der Waals surface area contributed by atoms with Crippen molar-refractivity contribution in [2.75, 3.05) is 33.0 Å². The van der Waals surface area contributed by atoms with Crippen LogP contribution in [0.4, 0.5) is 4.79 Å². The van der Waals surface area contributed by atoms with E-state index in [9.17, 15) is 14.3 Å². The first-order valence-corrected chi connectivity index (χ1v) is 10.8. The number of hydrogen-bond acceptors (Lipinski definition) is 8. The maximum atomic E-state index is 12.0. The average molecular weight is 436 g/mol. The zero-order valence-corrected chi connectivity index (χ0v) is 17.0. The lowest BCUT2D eigenvalue weighted by Gasteiger charge is -2.23. The van der Waals surface area contributed by atoms with Gasteiger partial charge in [0.15, 0.2) is 0 Å². The van der Waals surface area contributed by atoms with Gasteiger partial charge in [-0.3, -0.25) is 4.57 Å². The van der Waals surface area contributed by atoms with Crippen LogP contribution in [0.5, 0.6) is 0 Å². The molecule has 3 N–H and O–H groups in total. The van der Waals surface area contributed by atoms with Gasteiger partial charge in [0, 0.05) is 12.5 Å². The van der Waals surface area contributed by atoms with Gasteiger partial charge in [0.1, 0.15) is 12.7 Å². The molecule has 0 radical (unpaired) electrons. The van der Waals surface area contributed by atoms with E-state index in [0.29, 0.717) is 0 Å². The summed E-state index contributed by atoms with van der Waals surface area (Å²) >= 11 is 0. The summed E-state index contributed by atoms with van der Waals surface area (Å²) in [6.07, 6.45) is -2.02. The minimum Gasteiger partial charge on any atom is -0.756 e. The van der Waals surface area contributed by atoms with Gasteiger partial charge >= 0.3 is 6.09 Å². The predicted molar refractivity (Wildman–Crippen MR) is 106 cm³/mol. The fourth-order valence-electron chi connectivity index (χ4n) is 3.23. The fraction of sp³-hybridized carbons (Fsp3) is 0.350. The molecule has 9 nitrogen and oxygen atoms in total. The SMILES string of the molecule is O=C(NCCOP(=O)([O-])OCC(O)CO)OCC1c2ccccc2-c2ccccc21. The largest absolute Gasteiger partial charge is 0.756 e. The molecule has 10 heteroatoms. The third-order valence-electron chi connectivity index (χ3n) is 4.60. The highest BCUT2D eigenvalue weighted by molar-refractivity contribution is 7.45. The van der Waals surface area contributed by atoms with Gasteiger partial charge in [-0.15, -0.1) is 0 Å². The molecule has 1 amide bonds. The second-order valence-electron chi connectivity index (χ2n) is 6.66. The molecule has 1 aliphatic rings. The predicted octanol–water partition coefficient (Wildman–Crippen LogP) is 1.38. The van der Waals surface area contributed by atoms with Gasteiger partial charge in [0.2, 0.25) is 0 Å². The summed E-state index contributed by atoms with van der Waals surface area (Å²) in [6.45, 7) is -1.58. The smallest absolute Gasteiger partial charge is 0.407 e. The molecule has 162 valence electrons. The van der Waals surface area contributed by atoms with Crippen LogP contribution >= 0.6 is 7.82 Å². The van der Waals surface area contributed by atoms with Crippen LogP contribution in [0.15, 0.2) is 48.5 Å². The molecule has 2 aromatic rings. The van der Waals surface area contributed by atoms with E-state index in [1.807, 2.05) is 48.5 Å². The zero-order valence-electron chi connectivity index (χ0n) is 16.1. The maximum absolute atomic E-state index is 12.0. The van der Waals surface area contributed by atoms with Crippen molar-refractivity contribution in [3.05, 3.63) is 59.7 Å². The quantitative estimate of drug-likeness (QED) is 0.375. The van der Waals surface area contributed by atoms with Crippen LogP contribution in [0.1, 0.15) is 17.0 Å². The Morgan fingerprint density at radius 2 is 1.70 bits per heavy atom. The Morgan fingerprint density at radius 3 is 2.30 bits per heavy atom. The summed E-state index contributed by atoms with van der Waals surface area (Å²) in [5, 5.41) is 20.1. The molecular formula is C20H23NO8P-. The van der Waals surface area contributed by atoms with Crippen LogP contribution in [-0.2, 0) is 18.3 Å². The molecule has 0 heterocycles.